The summed E-state index contributed by atoms with van der Waals surface area (Å²) in [7, 11) is 0. The Kier molecular flexibility index (Phi) is 4.18. The molecule has 1 unspecified atom stereocenters. The molecule has 1 atom stereocenters. The fourth-order valence-corrected chi connectivity index (χ4v) is 3.42. The number of thiocarbonyl (C=S) groups is 1. The third kappa shape index (κ3) is 2.87. The zero-order valence-electron chi connectivity index (χ0n) is 9.76. The minimum absolute atomic E-state index is 0.140. The molecule has 0 spiro atoms. The number of benzene rings is 1. The second-order valence-corrected chi connectivity index (χ2v) is 5.69. The monoisotopic (exact) mass is 265 g/mol. The van der Waals surface area contributed by atoms with Crippen molar-refractivity contribution in [3.8, 4) is 0 Å². The third-order valence-corrected chi connectivity index (χ3v) is 4.39. The molecule has 0 saturated carbocycles. The molecule has 1 aliphatic heterocycles. The largest absolute Gasteiger partial charge is 0.293 e. The quantitative estimate of drug-likeness (QED) is 0.784. The Morgan fingerprint density at radius 1 is 1.47 bits per heavy atom. The molecule has 1 saturated heterocycles. The number of nitrogens with zero attached hydrogens (tertiary/aromatic N) is 1. The summed E-state index contributed by atoms with van der Waals surface area (Å²) in [6.45, 7) is 1.88. The summed E-state index contributed by atoms with van der Waals surface area (Å²) in [6.07, 6.45) is 1.41. The summed E-state index contributed by atoms with van der Waals surface area (Å²) in [4.78, 5) is 13.6. The predicted octanol–water partition coefficient (Wildman–Crippen LogP) is 2.87. The first kappa shape index (κ1) is 12.6. The average Bonchev–Trinajstić information content (AvgIpc) is 2.71. The molecule has 0 radical (unpaired) electrons. The van der Waals surface area contributed by atoms with Gasteiger partial charge in [0.1, 0.15) is 4.32 Å². The Labute approximate surface area is 111 Å². The molecule has 4 heteroatoms. The SMILES string of the molecule is CCC(=O)N1C(=S)SCC1Cc1ccccc1. The molecule has 1 fully saturated rings. The summed E-state index contributed by atoms with van der Waals surface area (Å²) < 4.78 is 0.734. The van der Waals surface area contributed by atoms with Crippen LogP contribution in [0.3, 0.4) is 0 Å². The van der Waals surface area contributed by atoms with Crippen molar-refractivity contribution in [1.82, 2.24) is 4.90 Å². The molecule has 90 valence electrons. The highest BCUT2D eigenvalue weighted by molar-refractivity contribution is 8.23. The fraction of sp³-hybridized carbons (Fsp3) is 0.385. The van der Waals surface area contributed by atoms with Crippen LogP contribution < -0.4 is 0 Å². The molecular weight excluding hydrogens is 250 g/mol. The zero-order valence-corrected chi connectivity index (χ0v) is 11.4. The van der Waals surface area contributed by atoms with Crippen LogP contribution in [0.4, 0.5) is 0 Å². The number of thioether (sulfide) groups is 1. The van der Waals surface area contributed by atoms with E-state index >= 15 is 0 Å². The van der Waals surface area contributed by atoms with Gasteiger partial charge in [-0.1, -0.05) is 61.2 Å². The van der Waals surface area contributed by atoms with E-state index in [9.17, 15) is 4.79 Å². The molecule has 1 aliphatic rings. The van der Waals surface area contributed by atoms with E-state index in [2.05, 4.69) is 12.1 Å². The van der Waals surface area contributed by atoms with Crippen LogP contribution in [0.2, 0.25) is 0 Å². The standard InChI is InChI=1S/C13H15NOS2/c1-2-12(15)14-11(9-17-13(14)16)8-10-6-4-3-5-7-10/h3-7,11H,2,8-9H2,1H3. The van der Waals surface area contributed by atoms with Crippen LogP contribution in [0.5, 0.6) is 0 Å². The van der Waals surface area contributed by atoms with E-state index in [4.69, 9.17) is 12.2 Å². The molecule has 0 aliphatic carbocycles. The molecular formula is C13H15NOS2. The van der Waals surface area contributed by atoms with E-state index in [1.54, 1.807) is 16.7 Å². The molecule has 2 rings (SSSR count). The van der Waals surface area contributed by atoms with E-state index < -0.39 is 0 Å². The van der Waals surface area contributed by atoms with E-state index in [1.165, 1.54) is 5.56 Å². The maximum atomic E-state index is 11.9. The van der Waals surface area contributed by atoms with Crippen molar-refractivity contribution in [1.29, 1.82) is 0 Å². The van der Waals surface area contributed by atoms with Crippen molar-refractivity contribution in [2.45, 2.75) is 25.8 Å². The molecule has 1 aromatic carbocycles. The second kappa shape index (κ2) is 5.65. The lowest BCUT2D eigenvalue weighted by atomic mass is 10.1. The first-order chi connectivity index (χ1) is 8.22. The highest BCUT2D eigenvalue weighted by Crippen LogP contribution is 2.27. The maximum absolute atomic E-state index is 11.9. The van der Waals surface area contributed by atoms with E-state index in [0.29, 0.717) is 6.42 Å². The zero-order chi connectivity index (χ0) is 12.3. The number of hydrogen-bond donors (Lipinski definition) is 0. The van der Waals surface area contributed by atoms with Crippen LogP contribution in [0, 0.1) is 0 Å². The molecule has 1 aromatic rings. The van der Waals surface area contributed by atoms with Gasteiger partial charge in [-0.3, -0.25) is 9.69 Å². The van der Waals surface area contributed by atoms with E-state index in [0.717, 1.165) is 16.5 Å². The summed E-state index contributed by atoms with van der Waals surface area (Å²) in [6, 6.07) is 10.5. The van der Waals surface area contributed by atoms with Crippen molar-refractivity contribution in [2.24, 2.45) is 0 Å². The highest BCUT2D eigenvalue weighted by Gasteiger charge is 2.32. The molecule has 1 amide bonds. The van der Waals surface area contributed by atoms with Crippen molar-refractivity contribution < 1.29 is 4.79 Å². The van der Waals surface area contributed by atoms with Gasteiger partial charge in [0, 0.05) is 12.2 Å². The number of hydrogen-bond acceptors (Lipinski definition) is 3. The first-order valence-electron chi connectivity index (χ1n) is 5.75. The van der Waals surface area contributed by atoms with Crippen molar-refractivity contribution in [3.63, 3.8) is 0 Å². The van der Waals surface area contributed by atoms with Crippen molar-refractivity contribution >= 4 is 34.2 Å². The van der Waals surface area contributed by atoms with Crippen molar-refractivity contribution in [3.05, 3.63) is 35.9 Å². The van der Waals surface area contributed by atoms with Gasteiger partial charge in [-0.2, -0.15) is 0 Å². The van der Waals surface area contributed by atoms with Crippen molar-refractivity contribution in [2.75, 3.05) is 5.75 Å². The van der Waals surface area contributed by atoms with Crippen LogP contribution in [-0.4, -0.2) is 26.9 Å². The predicted molar refractivity (Wildman–Crippen MR) is 76.1 cm³/mol. The molecule has 1 heterocycles. The second-order valence-electron chi connectivity index (χ2n) is 4.04. The summed E-state index contributed by atoms with van der Waals surface area (Å²) in [5.74, 6) is 1.06. The Bertz CT molecular complexity index is 419. The van der Waals surface area contributed by atoms with E-state index in [1.807, 2.05) is 25.1 Å². The van der Waals surface area contributed by atoms with Gasteiger partial charge in [-0.25, -0.2) is 0 Å². The summed E-state index contributed by atoms with van der Waals surface area (Å²) in [5.41, 5.74) is 1.26. The minimum atomic E-state index is 0.140. The van der Waals surface area contributed by atoms with Crippen LogP contribution in [0.25, 0.3) is 0 Å². The first-order valence-corrected chi connectivity index (χ1v) is 7.14. The molecule has 0 N–H and O–H groups in total. The third-order valence-electron chi connectivity index (χ3n) is 2.85. The van der Waals surface area contributed by atoms with Gasteiger partial charge in [-0.15, -0.1) is 0 Å². The van der Waals surface area contributed by atoms with Gasteiger partial charge >= 0.3 is 0 Å². The Morgan fingerprint density at radius 2 is 2.18 bits per heavy atom. The summed E-state index contributed by atoms with van der Waals surface area (Å²) >= 11 is 6.86. The lowest BCUT2D eigenvalue weighted by Gasteiger charge is -2.23. The average molecular weight is 265 g/mol. The molecule has 17 heavy (non-hydrogen) atoms. The van der Waals surface area contributed by atoms with Crippen LogP contribution >= 0.6 is 24.0 Å². The van der Waals surface area contributed by atoms with Gasteiger partial charge in [0.25, 0.3) is 0 Å². The lowest BCUT2D eigenvalue weighted by molar-refractivity contribution is -0.127. The molecule has 2 nitrogen and oxygen atoms in total. The topological polar surface area (TPSA) is 20.3 Å². The molecule has 0 bridgehead atoms. The maximum Gasteiger partial charge on any atom is 0.228 e. The number of rotatable bonds is 3. The van der Waals surface area contributed by atoms with Crippen LogP contribution in [0.1, 0.15) is 18.9 Å². The molecule has 0 aromatic heterocycles. The highest BCUT2D eigenvalue weighted by atomic mass is 32.2. The fourth-order valence-electron chi connectivity index (χ4n) is 1.97. The number of carbonyl (C=O) groups excluding carboxylic acids is 1. The smallest absolute Gasteiger partial charge is 0.228 e. The van der Waals surface area contributed by atoms with Gasteiger partial charge < -0.3 is 0 Å². The Balaban J connectivity index is 2.10. The van der Waals surface area contributed by atoms with Crippen LogP contribution in [-0.2, 0) is 11.2 Å². The van der Waals surface area contributed by atoms with Gasteiger partial charge in [0.15, 0.2) is 0 Å². The normalized spacial score (nSPS) is 19.7. The lowest BCUT2D eigenvalue weighted by Crippen LogP contribution is -2.39. The number of amides is 1. The Hall–Kier alpha value is -0.870. The summed E-state index contributed by atoms with van der Waals surface area (Å²) in [5, 5.41) is 0. The van der Waals surface area contributed by atoms with E-state index in [-0.39, 0.29) is 11.9 Å². The van der Waals surface area contributed by atoms with Gasteiger partial charge in [0.05, 0.1) is 6.04 Å². The Morgan fingerprint density at radius 3 is 2.82 bits per heavy atom. The van der Waals surface area contributed by atoms with Gasteiger partial charge in [-0.05, 0) is 12.0 Å². The van der Waals surface area contributed by atoms with Gasteiger partial charge in [0.2, 0.25) is 5.91 Å². The van der Waals surface area contributed by atoms with Crippen LogP contribution in [0.15, 0.2) is 30.3 Å². The minimum Gasteiger partial charge on any atom is -0.293 e. The number of carbonyl (C=O) groups is 1.